The van der Waals surface area contributed by atoms with E-state index in [-0.39, 0.29) is 0 Å². The molecule has 0 spiro atoms. The fraction of sp³-hybridized carbons (Fsp3) is 0.0442. The smallest absolute Gasteiger partial charge is 0.164 e. The van der Waals surface area contributed by atoms with Crippen molar-refractivity contribution >= 4 is 32.3 Å². The molecule has 0 fully saturated rings. The van der Waals surface area contributed by atoms with Crippen LogP contribution >= 0.6 is 0 Å². The van der Waals surface area contributed by atoms with Gasteiger partial charge in [0.2, 0.25) is 0 Å². The topological polar surface area (TPSA) is 155 Å². The second-order valence-corrected chi connectivity index (χ2v) is 31.3. The summed E-state index contributed by atoms with van der Waals surface area (Å²) in [5.74, 6) is 6.53. The van der Waals surface area contributed by atoms with Crippen LogP contribution in [0.1, 0.15) is 44.9 Å². The Morgan fingerprint density at radius 3 is 1.02 bits per heavy atom. The molecule has 125 heavy (non-hydrogen) atoms. The minimum atomic E-state index is -0.548. The summed E-state index contributed by atoms with van der Waals surface area (Å²) in [5, 5.41) is 7.10. The van der Waals surface area contributed by atoms with Crippen molar-refractivity contribution in [3.8, 4) is 147 Å². The third-order valence-corrected chi connectivity index (χ3v) is 23.0. The Labute approximate surface area is 725 Å². The predicted octanol–water partition coefficient (Wildman–Crippen LogP) is 26.9. The zero-order chi connectivity index (χ0) is 84.2. The first-order valence-corrected chi connectivity index (χ1v) is 41.9. The zero-order valence-corrected chi connectivity index (χ0v) is 69.1. The van der Waals surface area contributed by atoms with E-state index in [9.17, 15) is 0 Å². The zero-order valence-electron chi connectivity index (χ0n) is 69.1. The lowest BCUT2D eigenvalue weighted by Crippen LogP contribution is -2.28. The number of hydrogen-bond donors (Lipinski definition) is 0. The summed E-state index contributed by atoms with van der Waals surface area (Å²) < 4.78 is 0. The van der Waals surface area contributed by atoms with Crippen molar-refractivity contribution in [1.82, 2.24) is 59.8 Å². The number of nitrogens with zero attached hydrogens (tertiary/aromatic N) is 12. The highest BCUT2D eigenvalue weighted by molar-refractivity contribution is 6.13. The third-order valence-electron chi connectivity index (χ3n) is 23.0. The van der Waals surface area contributed by atoms with E-state index in [4.69, 9.17) is 44.9 Å². The molecular formula is C113H80N12. The number of benzene rings is 16. The van der Waals surface area contributed by atoms with Crippen LogP contribution in [0.3, 0.4) is 0 Å². The first-order chi connectivity index (χ1) is 61.5. The molecule has 16 aromatic carbocycles. The molecule has 0 amide bonds. The average molecular weight is 1610 g/mol. The SMILES string of the molecule is Cc1cc(C)nc(-c2ccc(-c3nc(-c4ccccc4)nc(-c4ccccc4)n3)cc2)n1.Cc1ccc(-c2ccc(-c3nc(-c4ccccc4)nc(-c4ccccc4)n3)cc2)cn1.Cc1ccc2c(-c3ccc(-c4nc(-c5ccc6c(c5)C(c5ccccc5)(c5ccccc5)c5ccccc5-6)nc(-c5cc6ccccc6c6ccccc56)n4)cc3)cccc2c1. The van der Waals surface area contributed by atoms with Crippen molar-refractivity contribution in [3.63, 3.8) is 0 Å². The van der Waals surface area contributed by atoms with Gasteiger partial charge in [-0.2, -0.15) is 0 Å². The van der Waals surface area contributed by atoms with Gasteiger partial charge in [-0.1, -0.05) is 388 Å². The molecule has 1 aliphatic carbocycles. The maximum Gasteiger partial charge on any atom is 0.164 e. The van der Waals surface area contributed by atoms with Gasteiger partial charge in [-0.15, -0.1) is 0 Å². The summed E-state index contributed by atoms with van der Waals surface area (Å²) in [5.41, 5.74) is 25.0. The maximum atomic E-state index is 5.41. The highest BCUT2D eigenvalue weighted by atomic mass is 15.1. The average Bonchev–Trinajstić information content (AvgIpc) is 1.54. The van der Waals surface area contributed by atoms with E-state index < -0.39 is 5.41 Å². The number of aryl methyl sites for hydroxylation is 4. The van der Waals surface area contributed by atoms with Crippen LogP contribution in [0.15, 0.2) is 413 Å². The molecule has 0 atom stereocenters. The molecule has 0 N–H and O–H groups in total. The number of aromatic nitrogens is 12. The predicted molar refractivity (Wildman–Crippen MR) is 507 cm³/mol. The van der Waals surface area contributed by atoms with E-state index in [1.165, 1.54) is 66.1 Å². The third kappa shape index (κ3) is 15.7. The van der Waals surface area contributed by atoms with Crippen LogP contribution in [0, 0.1) is 27.7 Å². The Balaban J connectivity index is 0.000000132. The minimum absolute atomic E-state index is 0.548. The fourth-order valence-corrected chi connectivity index (χ4v) is 17.0. The Bertz CT molecular complexity index is 7340. The van der Waals surface area contributed by atoms with Gasteiger partial charge in [0.15, 0.2) is 58.2 Å². The van der Waals surface area contributed by atoms with Crippen molar-refractivity contribution < 1.29 is 0 Å². The molecule has 0 unspecified atom stereocenters. The van der Waals surface area contributed by atoms with Gasteiger partial charge in [-0.05, 0) is 134 Å². The van der Waals surface area contributed by atoms with Gasteiger partial charge in [0.05, 0.1) is 5.41 Å². The molecule has 5 aromatic heterocycles. The number of pyridine rings is 1. The van der Waals surface area contributed by atoms with Crippen LogP contribution in [0.2, 0.25) is 0 Å². The molecule has 22 rings (SSSR count). The van der Waals surface area contributed by atoms with Crippen molar-refractivity contribution in [2.75, 3.05) is 0 Å². The number of fused-ring (bicyclic) bond motifs is 7. The van der Waals surface area contributed by atoms with Crippen LogP contribution in [0.25, 0.3) is 180 Å². The Kier molecular flexibility index (Phi) is 21.0. The molecule has 0 radical (unpaired) electrons. The lowest BCUT2D eigenvalue weighted by molar-refractivity contribution is 0.768. The van der Waals surface area contributed by atoms with Gasteiger partial charge in [-0.25, -0.2) is 54.8 Å². The molecule has 1 aliphatic rings. The molecule has 12 nitrogen and oxygen atoms in total. The van der Waals surface area contributed by atoms with E-state index >= 15 is 0 Å². The fourth-order valence-electron chi connectivity index (χ4n) is 17.0. The Morgan fingerprint density at radius 2 is 0.528 bits per heavy atom. The quantitative estimate of drug-likeness (QED) is 0.0952. The van der Waals surface area contributed by atoms with E-state index in [2.05, 4.69) is 258 Å². The van der Waals surface area contributed by atoms with E-state index in [1.54, 1.807) is 0 Å². The second kappa shape index (κ2) is 34.0. The molecule has 12 heteroatoms. The van der Waals surface area contributed by atoms with Crippen molar-refractivity contribution in [3.05, 3.63) is 458 Å². The number of hydrogen-bond acceptors (Lipinski definition) is 12. The van der Waals surface area contributed by atoms with Crippen molar-refractivity contribution in [2.24, 2.45) is 0 Å². The van der Waals surface area contributed by atoms with Crippen LogP contribution in [-0.2, 0) is 5.41 Å². The summed E-state index contributed by atoms with van der Waals surface area (Å²) >= 11 is 0. The second-order valence-electron chi connectivity index (χ2n) is 31.3. The van der Waals surface area contributed by atoms with Gasteiger partial charge in [0.25, 0.3) is 0 Å². The summed E-state index contributed by atoms with van der Waals surface area (Å²) in [6.07, 6.45) is 1.90. The highest BCUT2D eigenvalue weighted by Crippen LogP contribution is 2.57. The molecule has 592 valence electrons. The van der Waals surface area contributed by atoms with Crippen LogP contribution < -0.4 is 0 Å². The van der Waals surface area contributed by atoms with Gasteiger partial charge in [-0.3, -0.25) is 4.98 Å². The highest BCUT2D eigenvalue weighted by Gasteiger charge is 2.46. The Hall–Kier alpha value is -16.4. The largest absolute Gasteiger partial charge is 0.261 e. The normalized spacial score (nSPS) is 11.7. The first-order valence-electron chi connectivity index (χ1n) is 41.9. The molecule has 0 saturated heterocycles. The van der Waals surface area contributed by atoms with E-state index in [0.29, 0.717) is 52.4 Å². The minimum Gasteiger partial charge on any atom is -0.261 e. The lowest BCUT2D eigenvalue weighted by atomic mass is 9.67. The standard InChI is InChI=1S/C59H39N3.C27H21N5.C27H20N4/c1-38-27-33-48-41(35-38)16-14-25-46(48)39-28-30-40(31-29-39)56-60-57(62-58(61-56)53-36-42-15-8-9-21-47(42)49-22-10-11-23-50(49)53)43-32-34-52-51-24-12-13-26-54(51)59(55(52)37-43,44-17-4-2-5-18-44)45-19-6-3-7-20-45;1-18-17-19(2)29-24(28-18)22-13-15-23(16-14-22)27-31-25(20-9-5-3-6-10-20)30-26(32-27)21-11-7-4-8-12-21;1-19-12-13-24(18-28-19)20-14-16-23(17-15-20)27-30-25(21-8-4-2-5-9-21)29-26(31-27)22-10-6-3-7-11-22/h2-37H,1H3;3-17H,1-2H3;2-18H,1H3. The van der Waals surface area contributed by atoms with Gasteiger partial charge in [0.1, 0.15) is 0 Å². The van der Waals surface area contributed by atoms with Gasteiger partial charge in [0, 0.05) is 84.5 Å². The van der Waals surface area contributed by atoms with Crippen LogP contribution in [0.5, 0.6) is 0 Å². The summed E-state index contributed by atoms with van der Waals surface area (Å²) in [6.45, 7) is 8.09. The summed E-state index contributed by atoms with van der Waals surface area (Å²) in [6, 6.07) is 141. The lowest BCUT2D eigenvalue weighted by Gasteiger charge is -2.34. The molecular weight excluding hydrogens is 1530 g/mol. The van der Waals surface area contributed by atoms with Gasteiger partial charge < -0.3 is 0 Å². The summed E-state index contributed by atoms with van der Waals surface area (Å²) in [4.78, 5) is 58.2. The van der Waals surface area contributed by atoms with E-state index in [0.717, 1.165) is 106 Å². The number of rotatable bonds is 14. The van der Waals surface area contributed by atoms with Crippen molar-refractivity contribution in [2.45, 2.75) is 33.1 Å². The molecule has 21 aromatic rings. The Morgan fingerprint density at radius 1 is 0.176 bits per heavy atom. The molecule has 0 saturated carbocycles. The first kappa shape index (κ1) is 77.2. The molecule has 0 aliphatic heterocycles. The monoisotopic (exact) mass is 1600 g/mol. The van der Waals surface area contributed by atoms with Gasteiger partial charge >= 0.3 is 0 Å². The molecule has 0 bridgehead atoms. The van der Waals surface area contributed by atoms with E-state index in [1.807, 2.05) is 197 Å². The summed E-state index contributed by atoms with van der Waals surface area (Å²) in [7, 11) is 0. The van der Waals surface area contributed by atoms with Crippen LogP contribution in [0.4, 0.5) is 0 Å². The van der Waals surface area contributed by atoms with Crippen molar-refractivity contribution in [1.29, 1.82) is 0 Å². The maximum absolute atomic E-state index is 5.41. The molecule has 5 heterocycles. The van der Waals surface area contributed by atoms with Crippen LogP contribution in [-0.4, -0.2) is 59.8 Å².